The quantitative estimate of drug-likeness (QED) is 0.0872. The minimum Gasteiger partial charge on any atom is -0.208 e. The highest BCUT2D eigenvalue weighted by molar-refractivity contribution is 6.11. The van der Waals surface area contributed by atoms with Gasteiger partial charge in [-0.25, -0.2) is 44.9 Å². The van der Waals surface area contributed by atoms with Crippen LogP contribution in [0.1, 0.15) is 0 Å². The summed E-state index contributed by atoms with van der Waals surface area (Å²) in [5.74, 6) is 5.83. The maximum Gasteiger partial charge on any atom is 0.164 e. The Kier molecular flexibility index (Phi) is 23.6. The second kappa shape index (κ2) is 39.2. The molecule has 0 saturated carbocycles. The molecule has 27 aromatic rings. The minimum atomic E-state index is 0.640. The summed E-state index contributed by atoms with van der Waals surface area (Å²) in [6, 6.07) is 190. The van der Waals surface area contributed by atoms with E-state index in [9.17, 15) is 0 Å². The van der Waals surface area contributed by atoms with Crippen molar-refractivity contribution in [2.45, 2.75) is 0 Å². The first-order chi connectivity index (χ1) is 72.2. The van der Waals surface area contributed by atoms with Gasteiger partial charge >= 0.3 is 0 Å². The first-order valence-corrected chi connectivity index (χ1v) is 49.2. The van der Waals surface area contributed by atoms with Crippen LogP contribution in [0.4, 0.5) is 0 Å². The summed E-state index contributed by atoms with van der Waals surface area (Å²) in [6.45, 7) is 0. The lowest BCUT2D eigenvalue weighted by atomic mass is 9.98. The van der Waals surface area contributed by atoms with Crippen LogP contribution in [0.15, 0.2) is 540 Å². The molecule has 0 unspecified atom stereocenters. The van der Waals surface area contributed by atoms with Gasteiger partial charge in [-0.1, -0.05) is 504 Å². The molecule has 9 heteroatoms. The van der Waals surface area contributed by atoms with Crippen LogP contribution < -0.4 is 0 Å². The van der Waals surface area contributed by atoms with Crippen LogP contribution in [0.25, 0.3) is 267 Å². The lowest BCUT2D eigenvalue weighted by molar-refractivity contribution is 1.07. The first kappa shape index (κ1) is 87.9. The van der Waals surface area contributed by atoms with E-state index in [1.165, 1.54) is 104 Å². The van der Waals surface area contributed by atoms with E-state index < -0.39 is 0 Å². The summed E-state index contributed by atoms with van der Waals surface area (Å²) in [5, 5.41) is 19.2. The van der Waals surface area contributed by atoms with E-state index in [1.54, 1.807) is 0 Å². The smallest absolute Gasteiger partial charge is 0.164 e. The van der Waals surface area contributed by atoms with Crippen molar-refractivity contribution in [2.75, 3.05) is 0 Å². The van der Waals surface area contributed by atoms with Crippen molar-refractivity contribution in [3.63, 3.8) is 0 Å². The van der Waals surface area contributed by atoms with E-state index in [2.05, 4.69) is 516 Å². The van der Waals surface area contributed by atoms with Crippen LogP contribution >= 0.6 is 0 Å². The monoisotopic (exact) mass is 1860 g/mol. The summed E-state index contributed by atoms with van der Waals surface area (Å²) >= 11 is 0. The number of benzene rings is 24. The van der Waals surface area contributed by atoms with Crippen LogP contribution in [-0.4, -0.2) is 44.9 Å². The molecule has 0 aliphatic heterocycles. The third-order valence-corrected chi connectivity index (χ3v) is 27.6. The van der Waals surface area contributed by atoms with E-state index in [1.807, 2.05) is 24.3 Å². The van der Waals surface area contributed by atoms with E-state index in [-0.39, 0.29) is 0 Å². The van der Waals surface area contributed by atoms with Crippen molar-refractivity contribution in [3.05, 3.63) is 540 Å². The van der Waals surface area contributed by atoms with E-state index in [0.717, 1.165) is 110 Å². The molecule has 0 aliphatic carbocycles. The zero-order valence-electron chi connectivity index (χ0n) is 79.4. The van der Waals surface area contributed by atoms with Crippen molar-refractivity contribution in [1.29, 1.82) is 0 Å². The second-order valence-electron chi connectivity index (χ2n) is 36.7. The topological polar surface area (TPSA) is 116 Å². The Morgan fingerprint density at radius 3 is 0.486 bits per heavy atom. The van der Waals surface area contributed by atoms with Crippen molar-refractivity contribution >= 4 is 86.2 Å². The number of hydrogen-bond donors (Lipinski definition) is 0. The van der Waals surface area contributed by atoms with Crippen LogP contribution in [0, 0.1) is 0 Å². The molecule has 0 bridgehead atoms. The molecule has 0 aliphatic rings. The van der Waals surface area contributed by atoms with Crippen molar-refractivity contribution < 1.29 is 0 Å². The van der Waals surface area contributed by atoms with Gasteiger partial charge < -0.3 is 0 Å². The molecule has 0 N–H and O–H groups in total. The Bertz CT molecular complexity index is 9550. The van der Waals surface area contributed by atoms with Crippen LogP contribution in [0.2, 0.25) is 0 Å². The third kappa shape index (κ3) is 18.3. The fourth-order valence-electron chi connectivity index (χ4n) is 19.8. The van der Waals surface area contributed by atoms with Gasteiger partial charge in [0.25, 0.3) is 0 Å². The SMILES string of the molecule is c1ccc(-c2ccc(-c3ccc(-c4nc(-c5ccc(-c6ccccc6)cc5)nc(-c5ccc6c(ccc7ccccc76)c5)n4)cc3)cc2)cc1.c1ccc(-c2ccc(-c3ccc(-c4nc(-c5ccc6ccccc6c5)nc(-c5ccc6c(ccc7ccccc76)c5)n4)cc3)cc2)cc1.c1ccc(-c2cccc(-c3ccc(-c4nc(-c5ccc6ccccc6c5)nc(-c5ccc6c(ccc7ccccc76)c5)n4)cc3)c2)cc1. The Hall–Kier alpha value is -19.6. The van der Waals surface area contributed by atoms with E-state index in [0.29, 0.717) is 52.4 Å². The van der Waals surface area contributed by atoms with Crippen molar-refractivity contribution in [3.8, 4) is 180 Å². The molecule has 682 valence electrons. The molecule has 0 fully saturated rings. The van der Waals surface area contributed by atoms with Gasteiger partial charge in [0.1, 0.15) is 0 Å². The zero-order valence-corrected chi connectivity index (χ0v) is 79.4. The molecule has 0 radical (unpaired) electrons. The van der Waals surface area contributed by atoms with Crippen LogP contribution in [0.3, 0.4) is 0 Å². The molecule has 27 rings (SSSR count). The maximum absolute atomic E-state index is 5.06. The fourth-order valence-corrected chi connectivity index (χ4v) is 19.8. The molecule has 146 heavy (non-hydrogen) atoms. The van der Waals surface area contributed by atoms with Crippen LogP contribution in [0.5, 0.6) is 0 Å². The lowest BCUT2D eigenvalue weighted by Crippen LogP contribution is -2.00. The fraction of sp³-hybridized carbons (Fsp3) is 0. The molecular formula is C137H89N9. The standard InChI is InChI=1S/C47H31N3.2C45H29N3/c1-3-9-32(10-4-1)34-15-17-36(18-16-34)37-21-26-40(27-22-37)46-48-45(39-24-19-35(20-25-39)33-11-5-2-6-12-33)49-47(50-46)42-29-30-44-41(31-42)28-23-38-13-7-8-14-43(38)44;1-2-9-30(10-3-1)36-14-8-15-37(27-36)32-17-21-34(22-18-32)43-46-44(39-24-19-31-11-4-5-13-35(31)28-39)48-45(47-43)40-25-26-42-38(29-40)23-20-33-12-6-7-16-41(33)42;1-2-8-30(9-3-1)32-14-16-33(17-15-32)34-18-22-36(23-19-34)43-46-44(39-25-20-31-10-4-5-12-37(31)28-39)48-45(47-43)40-26-27-42-38(29-40)24-21-35-11-6-7-13-41(35)42/h1-31H;2*1-29H. The Morgan fingerprint density at radius 1 is 0.0753 bits per heavy atom. The number of aromatic nitrogens is 9. The molecule has 0 amide bonds. The minimum absolute atomic E-state index is 0.640. The Balaban J connectivity index is 0.000000114. The molecule has 3 heterocycles. The highest BCUT2D eigenvalue weighted by atomic mass is 15.1. The molecule has 0 spiro atoms. The second-order valence-corrected chi connectivity index (χ2v) is 36.7. The van der Waals surface area contributed by atoms with Gasteiger partial charge in [-0.15, -0.1) is 0 Å². The molecule has 9 nitrogen and oxygen atoms in total. The zero-order chi connectivity index (χ0) is 97.0. The third-order valence-electron chi connectivity index (χ3n) is 27.6. The van der Waals surface area contributed by atoms with E-state index >= 15 is 0 Å². The van der Waals surface area contributed by atoms with E-state index in [4.69, 9.17) is 44.9 Å². The summed E-state index contributed by atoms with van der Waals surface area (Å²) in [5.41, 5.74) is 25.0. The van der Waals surface area contributed by atoms with Crippen molar-refractivity contribution in [1.82, 2.24) is 44.9 Å². The number of rotatable bonds is 16. The predicted molar refractivity (Wildman–Crippen MR) is 607 cm³/mol. The average Bonchev–Trinajstić information content (AvgIpc) is 0.775. The highest BCUT2D eigenvalue weighted by Crippen LogP contribution is 2.41. The van der Waals surface area contributed by atoms with Gasteiger partial charge in [0, 0.05) is 50.1 Å². The predicted octanol–water partition coefficient (Wildman–Crippen LogP) is 35.5. The summed E-state index contributed by atoms with van der Waals surface area (Å²) in [7, 11) is 0. The van der Waals surface area contributed by atoms with Gasteiger partial charge in [-0.3, -0.25) is 0 Å². The van der Waals surface area contributed by atoms with Crippen molar-refractivity contribution in [2.24, 2.45) is 0 Å². The number of fused-ring (bicyclic) bond motifs is 11. The van der Waals surface area contributed by atoms with Crippen LogP contribution in [-0.2, 0) is 0 Å². The number of hydrogen-bond acceptors (Lipinski definition) is 9. The van der Waals surface area contributed by atoms with Gasteiger partial charge in [0.15, 0.2) is 52.4 Å². The molecule has 0 atom stereocenters. The summed E-state index contributed by atoms with van der Waals surface area (Å²) in [4.78, 5) is 45.4. The highest BCUT2D eigenvalue weighted by Gasteiger charge is 2.21. The molecule has 3 aromatic heterocycles. The lowest BCUT2D eigenvalue weighted by Gasteiger charge is -2.11. The first-order valence-electron chi connectivity index (χ1n) is 49.2. The molecule has 0 saturated heterocycles. The molecule has 24 aromatic carbocycles. The maximum atomic E-state index is 5.06. The largest absolute Gasteiger partial charge is 0.208 e. The Morgan fingerprint density at radius 2 is 0.226 bits per heavy atom. The number of nitrogens with zero attached hydrogens (tertiary/aromatic N) is 9. The summed E-state index contributed by atoms with van der Waals surface area (Å²) < 4.78 is 0. The summed E-state index contributed by atoms with van der Waals surface area (Å²) in [6.07, 6.45) is 0. The van der Waals surface area contributed by atoms with Gasteiger partial charge in [0.05, 0.1) is 0 Å². The van der Waals surface area contributed by atoms with Gasteiger partial charge in [-0.05, 0) is 200 Å². The normalized spacial score (nSPS) is 11.3. The van der Waals surface area contributed by atoms with Gasteiger partial charge in [-0.2, -0.15) is 0 Å². The Labute approximate surface area is 845 Å². The van der Waals surface area contributed by atoms with Gasteiger partial charge in [0.2, 0.25) is 0 Å². The molecular weight excluding hydrogens is 1770 g/mol. The average molecular weight is 1860 g/mol.